The molecule has 0 amide bonds. The minimum atomic E-state index is -0.151. The molecule has 1 atom stereocenters. The Morgan fingerprint density at radius 1 is 1.25 bits per heavy atom. The zero-order valence-corrected chi connectivity index (χ0v) is 8.64. The first-order valence-electron chi connectivity index (χ1n) is 5.05. The molecule has 2 nitrogen and oxygen atoms in total. The second-order valence-electron chi connectivity index (χ2n) is 3.83. The first-order chi connectivity index (χ1) is 5.66. The quantitative estimate of drug-likeness (QED) is 0.575. The first-order valence-corrected chi connectivity index (χ1v) is 5.05. The molecule has 0 saturated heterocycles. The molecule has 0 heterocycles. The van der Waals surface area contributed by atoms with Crippen LogP contribution in [0.5, 0.6) is 0 Å². The molecule has 74 valence electrons. The highest BCUT2D eigenvalue weighted by molar-refractivity contribution is 4.59. The molecule has 2 N–H and O–H groups in total. The van der Waals surface area contributed by atoms with E-state index in [0.717, 1.165) is 31.8 Å². The van der Waals surface area contributed by atoms with E-state index in [-0.39, 0.29) is 6.10 Å². The average molecular weight is 173 g/mol. The van der Waals surface area contributed by atoms with Gasteiger partial charge in [0.05, 0.1) is 6.10 Å². The van der Waals surface area contributed by atoms with Gasteiger partial charge in [0, 0.05) is 6.54 Å². The number of hydrogen-bond acceptors (Lipinski definition) is 2. The molecule has 0 saturated carbocycles. The predicted molar refractivity (Wildman–Crippen MR) is 53.2 cm³/mol. The van der Waals surface area contributed by atoms with E-state index < -0.39 is 0 Å². The molecule has 0 aromatic heterocycles. The summed E-state index contributed by atoms with van der Waals surface area (Å²) in [6.45, 7) is 8.30. The molecule has 0 aliphatic carbocycles. The third kappa shape index (κ3) is 8.02. The highest BCUT2D eigenvalue weighted by Crippen LogP contribution is 1.97. The van der Waals surface area contributed by atoms with Gasteiger partial charge in [-0.05, 0) is 25.3 Å². The Balaban J connectivity index is 3.08. The van der Waals surface area contributed by atoms with Crippen molar-refractivity contribution < 1.29 is 5.11 Å². The largest absolute Gasteiger partial charge is 0.392 e. The second-order valence-corrected chi connectivity index (χ2v) is 3.83. The summed E-state index contributed by atoms with van der Waals surface area (Å²) < 4.78 is 0. The summed E-state index contributed by atoms with van der Waals surface area (Å²) in [7, 11) is 0. The van der Waals surface area contributed by atoms with Crippen molar-refractivity contribution in [1.82, 2.24) is 5.32 Å². The molecule has 1 unspecified atom stereocenters. The van der Waals surface area contributed by atoms with E-state index in [1.807, 2.05) is 0 Å². The van der Waals surface area contributed by atoms with Gasteiger partial charge < -0.3 is 10.4 Å². The van der Waals surface area contributed by atoms with Crippen molar-refractivity contribution >= 4 is 0 Å². The van der Waals surface area contributed by atoms with Crippen LogP contribution in [0, 0.1) is 5.92 Å². The lowest BCUT2D eigenvalue weighted by atomic mass is 10.1. The third-order valence-corrected chi connectivity index (χ3v) is 1.90. The molecular formula is C10H23NO. The number of aliphatic hydroxyl groups is 1. The van der Waals surface area contributed by atoms with Gasteiger partial charge in [0.25, 0.3) is 0 Å². The van der Waals surface area contributed by atoms with Crippen LogP contribution in [-0.2, 0) is 0 Å². The van der Waals surface area contributed by atoms with Crippen molar-refractivity contribution in [3.63, 3.8) is 0 Å². The van der Waals surface area contributed by atoms with Gasteiger partial charge in [-0.25, -0.2) is 0 Å². The average Bonchev–Trinajstić information content (AvgIpc) is 1.98. The fourth-order valence-electron chi connectivity index (χ4n) is 1.09. The number of hydrogen-bond donors (Lipinski definition) is 2. The van der Waals surface area contributed by atoms with Gasteiger partial charge in [-0.2, -0.15) is 0 Å². The summed E-state index contributed by atoms with van der Waals surface area (Å²) >= 11 is 0. The maximum absolute atomic E-state index is 9.35. The van der Waals surface area contributed by atoms with Crippen LogP contribution in [-0.4, -0.2) is 24.3 Å². The van der Waals surface area contributed by atoms with E-state index >= 15 is 0 Å². The van der Waals surface area contributed by atoms with Crippen LogP contribution in [0.25, 0.3) is 0 Å². The summed E-state index contributed by atoms with van der Waals surface area (Å²) in [6.07, 6.45) is 3.02. The van der Waals surface area contributed by atoms with Crippen LogP contribution in [0.4, 0.5) is 0 Å². The predicted octanol–water partition coefficient (Wildman–Crippen LogP) is 1.78. The highest BCUT2D eigenvalue weighted by atomic mass is 16.3. The normalized spacial score (nSPS) is 13.8. The van der Waals surface area contributed by atoms with Gasteiger partial charge in [0.1, 0.15) is 0 Å². The van der Waals surface area contributed by atoms with Crippen LogP contribution in [0.2, 0.25) is 0 Å². The number of aliphatic hydroxyl groups excluding tert-OH is 1. The van der Waals surface area contributed by atoms with Crippen LogP contribution in [0.1, 0.15) is 40.0 Å². The van der Waals surface area contributed by atoms with Crippen LogP contribution in [0.3, 0.4) is 0 Å². The molecule has 0 aliphatic rings. The molecule has 0 aliphatic heterocycles. The molecule has 12 heavy (non-hydrogen) atoms. The zero-order chi connectivity index (χ0) is 9.40. The summed E-state index contributed by atoms with van der Waals surface area (Å²) in [4.78, 5) is 0. The Morgan fingerprint density at radius 2 is 1.92 bits per heavy atom. The standard InChI is InChI=1S/C10H23NO/c1-4-5-10(12)8-11-7-6-9(2)3/h9-12H,4-8H2,1-3H3. The number of rotatable bonds is 7. The molecule has 0 bridgehead atoms. The Kier molecular flexibility index (Phi) is 7.51. The fraction of sp³-hybridized carbons (Fsp3) is 1.00. The van der Waals surface area contributed by atoms with Crippen molar-refractivity contribution in [1.29, 1.82) is 0 Å². The highest BCUT2D eigenvalue weighted by Gasteiger charge is 2.00. The minimum Gasteiger partial charge on any atom is -0.392 e. The van der Waals surface area contributed by atoms with Crippen LogP contribution >= 0.6 is 0 Å². The van der Waals surface area contributed by atoms with E-state index in [4.69, 9.17) is 0 Å². The first kappa shape index (κ1) is 11.9. The molecule has 0 aromatic rings. The lowest BCUT2D eigenvalue weighted by Gasteiger charge is -2.11. The molecule has 0 spiro atoms. The van der Waals surface area contributed by atoms with Gasteiger partial charge >= 0.3 is 0 Å². The number of nitrogens with one attached hydrogen (secondary N) is 1. The van der Waals surface area contributed by atoms with Crippen molar-refractivity contribution in [2.45, 2.75) is 46.1 Å². The van der Waals surface area contributed by atoms with Gasteiger partial charge in [-0.1, -0.05) is 27.2 Å². The van der Waals surface area contributed by atoms with Crippen molar-refractivity contribution in [3.05, 3.63) is 0 Å². The van der Waals surface area contributed by atoms with E-state index in [9.17, 15) is 5.11 Å². The maximum atomic E-state index is 9.35. The molecule has 0 aromatic carbocycles. The lowest BCUT2D eigenvalue weighted by molar-refractivity contribution is 0.160. The Morgan fingerprint density at radius 3 is 2.42 bits per heavy atom. The van der Waals surface area contributed by atoms with Gasteiger partial charge in [-0.15, -0.1) is 0 Å². The molecule has 2 heteroatoms. The third-order valence-electron chi connectivity index (χ3n) is 1.90. The van der Waals surface area contributed by atoms with E-state index in [1.165, 1.54) is 6.42 Å². The summed E-state index contributed by atoms with van der Waals surface area (Å²) in [5.74, 6) is 0.751. The van der Waals surface area contributed by atoms with Crippen molar-refractivity contribution in [2.75, 3.05) is 13.1 Å². The lowest BCUT2D eigenvalue weighted by Crippen LogP contribution is -2.27. The van der Waals surface area contributed by atoms with Crippen LogP contribution < -0.4 is 5.32 Å². The van der Waals surface area contributed by atoms with Crippen molar-refractivity contribution in [2.24, 2.45) is 5.92 Å². The Labute approximate surface area is 76.4 Å². The molecular weight excluding hydrogens is 150 g/mol. The van der Waals surface area contributed by atoms with E-state index in [0.29, 0.717) is 0 Å². The summed E-state index contributed by atoms with van der Waals surface area (Å²) in [6, 6.07) is 0. The van der Waals surface area contributed by atoms with Crippen molar-refractivity contribution in [3.8, 4) is 0 Å². The summed E-state index contributed by atoms with van der Waals surface area (Å²) in [5, 5.41) is 12.6. The maximum Gasteiger partial charge on any atom is 0.0664 e. The molecule has 0 fully saturated rings. The van der Waals surface area contributed by atoms with Crippen LogP contribution in [0.15, 0.2) is 0 Å². The molecule has 0 rings (SSSR count). The fourth-order valence-corrected chi connectivity index (χ4v) is 1.09. The topological polar surface area (TPSA) is 32.3 Å². The van der Waals surface area contributed by atoms with Gasteiger partial charge in [-0.3, -0.25) is 0 Å². The van der Waals surface area contributed by atoms with Gasteiger partial charge in [0.15, 0.2) is 0 Å². The zero-order valence-electron chi connectivity index (χ0n) is 8.64. The second kappa shape index (κ2) is 7.56. The van der Waals surface area contributed by atoms with E-state index in [2.05, 4.69) is 26.1 Å². The smallest absolute Gasteiger partial charge is 0.0664 e. The van der Waals surface area contributed by atoms with Gasteiger partial charge in [0.2, 0.25) is 0 Å². The minimum absolute atomic E-state index is 0.151. The monoisotopic (exact) mass is 173 g/mol. The molecule has 0 radical (unpaired) electrons. The van der Waals surface area contributed by atoms with E-state index in [1.54, 1.807) is 0 Å². The SMILES string of the molecule is CCCC(O)CNCCC(C)C. The summed E-state index contributed by atoms with van der Waals surface area (Å²) in [5.41, 5.74) is 0. The Bertz CT molecular complexity index is 93.8. The Hall–Kier alpha value is -0.0800.